The highest BCUT2D eigenvalue weighted by Gasteiger charge is 2.07. The molecule has 0 radical (unpaired) electrons. The molecule has 0 aliphatic rings. The number of ether oxygens (including phenoxy) is 1. The van der Waals surface area contributed by atoms with Gasteiger partial charge in [-0.2, -0.15) is 0 Å². The number of carbonyl (C=O) groups is 1. The fraction of sp³-hybridized carbons (Fsp3) is 0.235. The van der Waals surface area contributed by atoms with Crippen LogP contribution in [0.15, 0.2) is 48.5 Å². The maximum atomic E-state index is 12.2. The molecule has 2 aromatic carbocycles. The number of anilines is 2. The van der Waals surface area contributed by atoms with Crippen molar-refractivity contribution in [3.8, 4) is 5.75 Å². The van der Waals surface area contributed by atoms with Crippen LogP contribution in [-0.2, 0) is 0 Å². The Morgan fingerprint density at radius 1 is 1.05 bits per heavy atom. The van der Waals surface area contributed by atoms with Gasteiger partial charge in [0.15, 0.2) is 0 Å². The van der Waals surface area contributed by atoms with Gasteiger partial charge in [-0.25, -0.2) is 0 Å². The molecular formula is C17H20N2O2. The lowest BCUT2D eigenvalue weighted by Crippen LogP contribution is -2.12. The van der Waals surface area contributed by atoms with Gasteiger partial charge < -0.3 is 15.4 Å². The van der Waals surface area contributed by atoms with Crippen molar-refractivity contribution in [2.45, 2.75) is 19.9 Å². The van der Waals surface area contributed by atoms with Gasteiger partial charge >= 0.3 is 0 Å². The minimum Gasteiger partial charge on any atom is -0.497 e. The van der Waals surface area contributed by atoms with Gasteiger partial charge in [-0.15, -0.1) is 0 Å². The summed E-state index contributed by atoms with van der Waals surface area (Å²) in [6.45, 7) is 4.16. The first-order valence-electron chi connectivity index (χ1n) is 6.90. The molecule has 2 N–H and O–H groups in total. The highest BCUT2D eigenvalue weighted by Crippen LogP contribution is 2.17. The standard InChI is InChI=1S/C17H20N2O2/c1-12(2)18-14-7-9-15(10-8-14)19-17(20)13-5-4-6-16(11-13)21-3/h4-12,18H,1-3H3,(H,19,20). The van der Waals surface area contributed by atoms with Crippen LogP contribution in [0.1, 0.15) is 24.2 Å². The molecule has 0 heterocycles. The van der Waals surface area contributed by atoms with E-state index in [9.17, 15) is 4.79 Å². The number of nitrogens with one attached hydrogen (secondary N) is 2. The Kier molecular flexibility index (Phi) is 4.82. The molecule has 0 aliphatic heterocycles. The summed E-state index contributed by atoms with van der Waals surface area (Å²) in [5.74, 6) is 0.512. The summed E-state index contributed by atoms with van der Waals surface area (Å²) in [4.78, 5) is 12.2. The number of benzene rings is 2. The molecule has 0 atom stereocenters. The quantitative estimate of drug-likeness (QED) is 0.878. The van der Waals surface area contributed by atoms with Crippen LogP contribution < -0.4 is 15.4 Å². The average molecular weight is 284 g/mol. The minimum atomic E-state index is -0.154. The summed E-state index contributed by atoms with van der Waals surface area (Å²) in [7, 11) is 1.58. The van der Waals surface area contributed by atoms with E-state index in [1.807, 2.05) is 30.3 Å². The summed E-state index contributed by atoms with van der Waals surface area (Å²) in [5.41, 5.74) is 2.36. The summed E-state index contributed by atoms with van der Waals surface area (Å²) >= 11 is 0. The molecule has 2 aromatic rings. The predicted octanol–water partition coefficient (Wildman–Crippen LogP) is 3.77. The van der Waals surface area contributed by atoms with E-state index in [0.717, 1.165) is 11.4 Å². The molecule has 1 amide bonds. The van der Waals surface area contributed by atoms with Crippen molar-refractivity contribution in [2.24, 2.45) is 0 Å². The Bertz CT molecular complexity index is 606. The number of rotatable bonds is 5. The maximum Gasteiger partial charge on any atom is 0.255 e. The molecule has 4 nitrogen and oxygen atoms in total. The van der Waals surface area contributed by atoms with Crippen molar-refractivity contribution in [2.75, 3.05) is 17.7 Å². The summed E-state index contributed by atoms with van der Waals surface area (Å²) < 4.78 is 5.12. The Morgan fingerprint density at radius 2 is 1.71 bits per heavy atom. The molecule has 0 aliphatic carbocycles. The number of amides is 1. The minimum absolute atomic E-state index is 0.154. The van der Waals surface area contributed by atoms with E-state index in [4.69, 9.17) is 4.74 Å². The zero-order valence-corrected chi connectivity index (χ0v) is 12.5. The van der Waals surface area contributed by atoms with E-state index < -0.39 is 0 Å². The Hall–Kier alpha value is -2.49. The van der Waals surface area contributed by atoms with Gasteiger partial charge in [0.25, 0.3) is 5.91 Å². The number of carbonyl (C=O) groups excluding carboxylic acids is 1. The summed E-state index contributed by atoms with van der Waals surface area (Å²) in [5, 5.41) is 6.17. The van der Waals surface area contributed by atoms with Crippen molar-refractivity contribution in [3.05, 3.63) is 54.1 Å². The first-order chi connectivity index (χ1) is 10.1. The normalized spacial score (nSPS) is 10.3. The molecule has 0 unspecified atom stereocenters. The van der Waals surface area contributed by atoms with E-state index in [-0.39, 0.29) is 5.91 Å². The third-order valence-electron chi connectivity index (χ3n) is 2.93. The van der Waals surface area contributed by atoms with Crippen LogP contribution >= 0.6 is 0 Å². The van der Waals surface area contributed by atoms with Gasteiger partial charge in [-0.05, 0) is 56.3 Å². The maximum absolute atomic E-state index is 12.2. The molecule has 0 fully saturated rings. The SMILES string of the molecule is COc1cccc(C(=O)Nc2ccc(NC(C)C)cc2)c1. The summed E-state index contributed by atoms with van der Waals surface area (Å²) in [6, 6.07) is 15.1. The first-order valence-corrected chi connectivity index (χ1v) is 6.90. The number of hydrogen-bond acceptors (Lipinski definition) is 3. The molecule has 0 bridgehead atoms. The van der Waals surface area contributed by atoms with Crippen molar-refractivity contribution < 1.29 is 9.53 Å². The molecule has 0 spiro atoms. The lowest BCUT2D eigenvalue weighted by atomic mass is 10.2. The van der Waals surface area contributed by atoms with Gasteiger partial charge in [0, 0.05) is 23.0 Å². The van der Waals surface area contributed by atoms with E-state index in [1.165, 1.54) is 0 Å². The van der Waals surface area contributed by atoms with Crippen LogP contribution in [0.3, 0.4) is 0 Å². The number of hydrogen-bond donors (Lipinski definition) is 2. The molecule has 0 aromatic heterocycles. The topological polar surface area (TPSA) is 50.4 Å². The van der Waals surface area contributed by atoms with Crippen LogP contribution in [-0.4, -0.2) is 19.1 Å². The highest BCUT2D eigenvalue weighted by atomic mass is 16.5. The molecule has 2 rings (SSSR count). The van der Waals surface area contributed by atoms with Crippen molar-refractivity contribution in [1.82, 2.24) is 0 Å². The molecular weight excluding hydrogens is 264 g/mol. The fourth-order valence-electron chi connectivity index (χ4n) is 1.95. The predicted molar refractivity (Wildman–Crippen MR) is 86.1 cm³/mol. The van der Waals surface area contributed by atoms with Gasteiger partial charge in [-0.1, -0.05) is 6.07 Å². The largest absolute Gasteiger partial charge is 0.497 e. The van der Waals surface area contributed by atoms with Crippen LogP contribution in [0.5, 0.6) is 5.75 Å². The van der Waals surface area contributed by atoms with E-state index in [0.29, 0.717) is 17.4 Å². The van der Waals surface area contributed by atoms with Gasteiger partial charge in [0.1, 0.15) is 5.75 Å². The second-order valence-electron chi connectivity index (χ2n) is 5.06. The van der Waals surface area contributed by atoms with Crippen molar-refractivity contribution in [3.63, 3.8) is 0 Å². The lowest BCUT2D eigenvalue weighted by Gasteiger charge is -2.11. The van der Waals surface area contributed by atoms with E-state index >= 15 is 0 Å². The molecule has 0 saturated carbocycles. The van der Waals surface area contributed by atoms with Crippen LogP contribution in [0.4, 0.5) is 11.4 Å². The van der Waals surface area contributed by atoms with Crippen molar-refractivity contribution in [1.29, 1.82) is 0 Å². The summed E-state index contributed by atoms with van der Waals surface area (Å²) in [6.07, 6.45) is 0. The Balaban J connectivity index is 2.05. The molecule has 4 heteroatoms. The highest BCUT2D eigenvalue weighted by molar-refractivity contribution is 6.04. The third-order valence-corrected chi connectivity index (χ3v) is 2.93. The van der Waals surface area contributed by atoms with Crippen LogP contribution in [0.2, 0.25) is 0 Å². The van der Waals surface area contributed by atoms with E-state index in [2.05, 4.69) is 24.5 Å². The third kappa shape index (κ3) is 4.24. The lowest BCUT2D eigenvalue weighted by molar-refractivity contribution is 0.102. The average Bonchev–Trinajstić information content (AvgIpc) is 2.49. The molecule has 21 heavy (non-hydrogen) atoms. The Labute approximate surface area is 125 Å². The number of methoxy groups -OCH3 is 1. The first kappa shape index (κ1) is 14.9. The Morgan fingerprint density at radius 3 is 2.33 bits per heavy atom. The van der Waals surface area contributed by atoms with Gasteiger partial charge in [0.2, 0.25) is 0 Å². The molecule has 0 saturated heterocycles. The van der Waals surface area contributed by atoms with Crippen molar-refractivity contribution >= 4 is 17.3 Å². The zero-order chi connectivity index (χ0) is 15.2. The van der Waals surface area contributed by atoms with Crippen LogP contribution in [0.25, 0.3) is 0 Å². The van der Waals surface area contributed by atoms with Gasteiger partial charge in [0.05, 0.1) is 7.11 Å². The van der Waals surface area contributed by atoms with E-state index in [1.54, 1.807) is 25.3 Å². The van der Waals surface area contributed by atoms with Crippen LogP contribution in [0, 0.1) is 0 Å². The second-order valence-corrected chi connectivity index (χ2v) is 5.06. The zero-order valence-electron chi connectivity index (χ0n) is 12.5. The monoisotopic (exact) mass is 284 g/mol. The van der Waals surface area contributed by atoms with Gasteiger partial charge in [-0.3, -0.25) is 4.79 Å². The smallest absolute Gasteiger partial charge is 0.255 e. The molecule has 110 valence electrons. The second kappa shape index (κ2) is 6.79. The fourth-order valence-corrected chi connectivity index (χ4v) is 1.95.